The molecule has 1 aliphatic rings. The highest BCUT2D eigenvalue weighted by molar-refractivity contribution is 6.33. The standard InChI is InChI=1S/C16H22ClN5O3/c1-8-11(10(3)25-22-8)6-24-13-4-5-23-7-12(13)20-15-14(17)9(2)19-16(18)21-15/h12-13H,4-7H2,1-3H3,(H3,18,19,20,21)/t12-,13+/m1/s1. The number of hydrogen-bond acceptors (Lipinski definition) is 8. The van der Waals surface area contributed by atoms with Crippen LogP contribution in [0.15, 0.2) is 4.52 Å². The van der Waals surface area contributed by atoms with Crippen molar-refractivity contribution in [1.82, 2.24) is 15.1 Å². The zero-order valence-corrected chi connectivity index (χ0v) is 15.3. The molecule has 25 heavy (non-hydrogen) atoms. The van der Waals surface area contributed by atoms with Gasteiger partial charge in [0.25, 0.3) is 0 Å². The third kappa shape index (κ3) is 4.02. The predicted octanol–water partition coefficient (Wildman–Crippen LogP) is 2.41. The molecule has 1 fully saturated rings. The van der Waals surface area contributed by atoms with Crippen molar-refractivity contribution in [2.45, 2.75) is 45.9 Å². The smallest absolute Gasteiger partial charge is 0.222 e. The number of anilines is 2. The largest absolute Gasteiger partial charge is 0.379 e. The molecule has 0 bridgehead atoms. The molecule has 0 amide bonds. The number of nitrogens with zero attached hydrogens (tertiary/aromatic N) is 3. The molecule has 0 spiro atoms. The summed E-state index contributed by atoms with van der Waals surface area (Å²) in [5.41, 5.74) is 8.17. The van der Waals surface area contributed by atoms with E-state index in [9.17, 15) is 0 Å². The Bertz CT molecular complexity index is 732. The summed E-state index contributed by atoms with van der Waals surface area (Å²) < 4.78 is 16.9. The zero-order valence-electron chi connectivity index (χ0n) is 14.5. The predicted molar refractivity (Wildman–Crippen MR) is 93.6 cm³/mol. The molecule has 1 aliphatic heterocycles. The number of aryl methyl sites for hydroxylation is 3. The Hall–Kier alpha value is -1.90. The molecule has 136 valence electrons. The molecule has 2 aromatic rings. The second kappa shape index (κ2) is 7.55. The van der Waals surface area contributed by atoms with Crippen molar-refractivity contribution in [1.29, 1.82) is 0 Å². The van der Waals surface area contributed by atoms with Crippen molar-refractivity contribution in [3.63, 3.8) is 0 Å². The Labute approximate surface area is 151 Å². The maximum Gasteiger partial charge on any atom is 0.222 e. The Kier molecular flexibility index (Phi) is 5.41. The maximum absolute atomic E-state index is 6.29. The van der Waals surface area contributed by atoms with Gasteiger partial charge < -0.3 is 25.0 Å². The van der Waals surface area contributed by atoms with Crippen LogP contribution in [-0.4, -0.2) is 40.5 Å². The highest BCUT2D eigenvalue weighted by Gasteiger charge is 2.28. The topological polar surface area (TPSA) is 108 Å². The minimum absolute atomic E-state index is 0.0602. The molecule has 0 aliphatic carbocycles. The van der Waals surface area contributed by atoms with Gasteiger partial charge in [0.1, 0.15) is 10.8 Å². The summed E-state index contributed by atoms with van der Waals surface area (Å²) in [7, 11) is 0. The number of halogens is 1. The van der Waals surface area contributed by atoms with E-state index in [2.05, 4.69) is 20.4 Å². The number of nitrogens with one attached hydrogen (secondary N) is 1. The van der Waals surface area contributed by atoms with Gasteiger partial charge in [0.05, 0.1) is 36.7 Å². The van der Waals surface area contributed by atoms with Crippen LogP contribution < -0.4 is 11.1 Å². The highest BCUT2D eigenvalue weighted by Crippen LogP contribution is 2.26. The van der Waals surface area contributed by atoms with Gasteiger partial charge in [0.15, 0.2) is 5.82 Å². The zero-order chi connectivity index (χ0) is 18.0. The third-order valence-electron chi connectivity index (χ3n) is 4.27. The van der Waals surface area contributed by atoms with Gasteiger partial charge in [-0.05, 0) is 27.2 Å². The summed E-state index contributed by atoms with van der Waals surface area (Å²) in [4.78, 5) is 8.24. The summed E-state index contributed by atoms with van der Waals surface area (Å²) in [5, 5.41) is 7.69. The van der Waals surface area contributed by atoms with Gasteiger partial charge in [-0.3, -0.25) is 0 Å². The Balaban J connectivity index is 1.71. The molecular formula is C16H22ClN5O3. The molecule has 1 saturated heterocycles. The van der Waals surface area contributed by atoms with Crippen molar-refractivity contribution in [3.8, 4) is 0 Å². The summed E-state index contributed by atoms with van der Waals surface area (Å²) in [6.45, 7) is 7.14. The van der Waals surface area contributed by atoms with Gasteiger partial charge in [-0.1, -0.05) is 16.8 Å². The fourth-order valence-corrected chi connectivity index (χ4v) is 2.94. The molecule has 0 aromatic carbocycles. The Morgan fingerprint density at radius 2 is 2.08 bits per heavy atom. The normalized spacial score (nSPS) is 20.6. The molecule has 2 aromatic heterocycles. The van der Waals surface area contributed by atoms with Crippen LogP contribution in [0.5, 0.6) is 0 Å². The van der Waals surface area contributed by atoms with Crippen molar-refractivity contribution in [2.24, 2.45) is 0 Å². The lowest BCUT2D eigenvalue weighted by atomic mass is 10.1. The summed E-state index contributed by atoms with van der Waals surface area (Å²) in [6, 6.07) is -0.0968. The molecule has 2 atom stereocenters. The Morgan fingerprint density at radius 3 is 2.80 bits per heavy atom. The SMILES string of the molecule is Cc1nc(N)nc(N[C@@H]2COCC[C@@H]2OCc2c(C)noc2C)c1Cl. The van der Waals surface area contributed by atoms with E-state index >= 15 is 0 Å². The van der Waals surface area contributed by atoms with E-state index in [0.717, 1.165) is 23.4 Å². The second-order valence-electron chi connectivity index (χ2n) is 6.10. The van der Waals surface area contributed by atoms with Crippen LogP contribution in [-0.2, 0) is 16.1 Å². The average molecular weight is 368 g/mol. The molecule has 3 N–H and O–H groups in total. The van der Waals surface area contributed by atoms with E-state index in [4.69, 9.17) is 31.3 Å². The van der Waals surface area contributed by atoms with Crippen LogP contribution in [0.2, 0.25) is 5.02 Å². The first kappa shape index (κ1) is 17.9. The lowest BCUT2D eigenvalue weighted by Crippen LogP contribution is -2.44. The van der Waals surface area contributed by atoms with Crippen LogP contribution in [0.25, 0.3) is 0 Å². The van der Waals surface area contributed by atoms with Crippen LogP contribution in [0.1, 0.15) is 29.1 Å². The Morgan fingerprint density at radius 1 is 1.28 bits per heavy atom. The fraction of sp³-hybridized carbons (Fsp3) is 0.562. The number of aromatic nitrogens is 3. The van der Waals surface area contributed by atoms with Crippen molar-refractivity contribution >= 4 is 23.4 Å². The average Bonchev–Trinajstić information content (AvgIpc) is 2.90. The van der Waals surface area contributed by atoms with E-state index in [1.165, 1.54) is 0 Å². The monoisotopic (exact) mass is 367 g/mol. The van der Waals surface area contributed by atoms with Crippen LogP contribution in [0.4, 0.5) is 11.8 Å². The van der Waals surface area contributed by atoms with E-state index in [-0.39, 0.29) is 18.1 Å². The number of nitrogens with two attached hydrogens (primary N) is 1. The molecule has 8 nitrogen and oxygen atoms in total. The van der Waals surface area contributed by atoms with Crippen molar-refractivity contribution in [3.05, 3.63) is 27.7 Å². The molecular weight excluding hydrogens is 346 g/mol. The van der Waals surface area contributed by atoms with Gasteiger partial charge >= 0.3 is 0 Å². The first-order valence-electron chi connectivity index (χ1n) is 8.13. The van der Waals surface area contributed by atoms with Crippen LogP contribution >= 0.6 is 11.6 Å². The van der Waals surface area contributed by atoms with Gasteiger partial charge in [-0.15, -0.1) is 0 Å². The summed E-state index contributed by atoms with van der Waals surface area (Å²) in [6.07, 6.45) is 0.702. The van der Waals surface area contributed by atoms with E-state index in [1.807, 2.05) is 13.8 Å². The van der Waals surface area contributed by atoms with E-state index in [1.54, 1.807) is 6.92 Å². The lowest BCUT2D eigenvalue weighted by Gasteiger charge is -2.32. The summed E-state index contributed by atoms with van der Waals surface area (Å²) in [5.74, 6) is 1.44. The fourth-order valence-electron chi connectivity index (χ4n) is 2.80. The first-order valence-corrected chi connectivity index (χ1v) is 8.50. The van der Waals surface area contributed by atoms with Gasteiger partial charge in [-0.2, -0.15) is 4.98 Å². The van der Waals surface area contributed by atoms with E-state index < -0.39 is 0 Å². The molecule has 9 heteroatoms. The lowest BCUT2D eigenvalue weighted by molar-refractivity contribution is -0.0482. The molecule has 0 radical (unpaired) electrons. The molecule has 0 unspecified atom stereocenters. The molecule has 0 saturated carbocycles. The summed E-state index contributed by atoms with van der Waals surface area (Å²) >= 11 is 6.29. The molecule has 3 heterocycles. The number of hydrogen-bond donors (Lipinski definition) is 2. The van der Waals surface area contributed by atoms with E-state index in [0.29, 0.717) is 36.4 Å². The van der Waals surface area contributed by atoms with Crippen LogP contribution in [0, 0.1) is 20.8 Å². The third-order valence-corrected chi connectivity index (χ3v) is 4.72. The maximum atomic E-state index is 6.29. The second-order valence-corrected chi connectivity index (χ2v) is 6.47. The number of nitrogen functional groups attached to an aromatic ring is 1. The van der Waals surface area contributed by atoms with Crippen LogP contribution in [0.3, 0.4) is 0 Å². The van der Waals surface area contributed by atoms with Gasteiger partial charge in [0.2, 0.25) is 5.95 Å². The highest BCUT2D eigenvalue weighted by atomic mass is 35.5. The van der Waals surface area contributed by atoms with Gasteiger partial charge in [-0.25, -0.2) is 4.98 Å². The minimum Gasteiger partial charge on any atom is -0.379 e. The number of rotatable bonds is 5. The number of ether oxygens (including phenoxy) is 2. The van der Waals surface area contributed by atoms with Gasteiger partial charge in [0, 0.05) is 12.2 Å². The van der Waals surface area contributed by atoms with Crippen molar-refractivity contribution in [2.75, 3.05) is 24.3 Å². The first-order chi connectivity index (χ1) is 12.0. The quantitative estimate of drug-likeness (QED) is 0.829. The minimum atomic E-state index is -0.0968. The molecule has 3 rings (SSSR count). The van der Waals surface area contributed by atoms with Crippen molar-refractivity contribution < 1.29 is 14.0 Å².